The second kappa shape index (κ2) is 5.03. The highest BCUT2D eigenvalue weighted by Gasteiger charge is 2.21. The zero-order valence-electron chi connectivity index (χ0n) is 8.10. The van der Waals surface area contributed by atoms with Crippen molar-refractivity contribution >= 4 is 0 Å². The van der Waals surface area contributed by atoms with Crippen molar-refractivity contribution in [1.29, 1.82) is 5.26 Å². The summed E-state index contributed by atoms with van der Waals surface area (Å²) in [6.45, 7) is 0. The van der Waals surface area contributed by atoms with Gasteiger partial charge in [0.2, 0.25) is 0 Å². The molecule has 0 saturated heterocycles. The maximum atomic E-state index is 13.2. The largest absolute Gasteiger partial charge is 0.368 e. The van der Waals surface area contributed by atoms with E-state index in [1.54, 1.807) is 6.08 Å². The lowest BCUT2D eigenvalue weighted by Gasteiger charge is -2.18. The van der Waals surface area contributed by atoms with Crippen molar-refractivity contribution in [3.05, 3.63) is 23.6 Å². The summed E-state index contributed by atoms with van der Waals surface area (Å²) in [6.07, 6.45) is 1.58. The molecule has 0 spiro atoms. The van der Waals surface area contributed by atoms with Crippen LogP contribution in [0, 0.1) is 17.2 Å². The van der Waals surface area contributed by atoms with Gasteiger partial charge in [0.05, 0.1) is 6.07 Å². The minimum Gasteiger partial charge on any atom is -0.368 e. The van der Waals surface area contributed by atoms with Crippen molar-refractivity contribution in [3.63, 3.8) is 0 Å². The molecule has 0 aromatic rings. The van der Waals surface area contributed by atoms with Gasteiger partial charge in [-0.2, -0.15) is 5.26 Å². The molecule has 0 heterocycles. The van der Waals surface area contributed by atoms with Crippen LogP contribution in [0.3, 0.4) is 0 Å². The van der Waals surface area contributed by atoms with Crippen LogP contribution in [-0.2, 0) is 0 Å². The average Bonchev–Trinajstić information content (AvgIpc) is 2.16. The molecule has 0 bridgehead atoms. The number of allylic oxidation sites excluding steroid dienone is 2. The number of nitrogens with two attached hydrogens (primary N) is 1. The molecule has 0 aliphatic heterocycles. The summed E-state index contributed by atoms with van der Waals surface area (Å²) < 4.78 is 13.2. The molecular weight excluding hydrogens is 199 g/mol. The van der Waals surface area contributed by atoms with E-state index in [1.807, 2.05) is 6.07 Å². The minimum atomic E-state index is -1.51. The molecule has 2 atom stereocenters. The third-order valence-corrected chi connectivity index (χ3v) is 2.28. The first kappa shape index (κ1) is 11.9. The van der Waals surface area contributed by atoms with Crippen LogP contribution in [-0.4, -0.2) is 22.5 Å². The maximum Gasteiger partial charge on any atom is 0.153 e. The van der Waals surface area contributed by atoms with E-state index in [9.17, 15) is 4.39 Å². The summed E-state index contributed by atoms with van der Waals surface area (Å²) >= 11 is 0. The average molecular weight is 212 g/mol. The van der Waals surface area contributed by atoms with Gasteiger partial charge in [0.1, 0.15) is 11.7 Å². The summed E-state index contributed by atoms with van der Waals surface area (Å²) in [5.41, 5.74) is 6.12. The third kappa shape index (κ3) is 3.13. The Hall–Kier alpha value is -1.22. The Morgan fingerprint density at radius 2 is 2.33 bits per heavy atom. The van der Waals surface area contributed by atoms with Gasteiger partial charge in [-0.05, 0) is 18.1 Å². The molecule has 4 N–H and O–H groups in total. The first-order valence-electron chi connectivity index (χ1n) is 4.63. The van der Waals surface area contributed by atoms with E-state index in [4.69, 9.17) is 21.2 Å². The van der Waals surface area contributed by atoms with Crippen LogP contribution in [0.1, 0.15) is 12.8 Å². The molecule has 0 aromatic heterocycles. The molecule has 1 aliphatic rings. The second-order valence-electron chi connectivity index (χ2n) is 3.47. The second-order valence-corrected chi connectivity index (χ2v) is 3.47. The Labute approximate surface area is 87.1 Å². The number of aliphatic hydroxyl groups is 2. The van der Waals surface area contributed by atoms with Gasteiger partial charge in [-0.15, -0.1) is 0 Å². The van der Waals surface area contributed by atoms with Crippen LogP contribution in [0.15, 0.2) is 23.6 Å². The van der Waals surface area contributed by atoms with Gasteiger partial charge in [-0.25, -0.2) is 4.39 Å². The molecule has 4 nitrogen and oxygen atoms in total. The normalized spacial score (nSPS) is 23.1. The summed E-state index contributed by atoms with van der Waals surface area (Å²) in [6, 6.07) is 1.21. The minimum absolute atomic E-state index is 0.0488. The maximum absolute atomic E-state index is 13.2. The van der Waals surface area contributed by atoms with E-state index in [1.165, 1.54) is 6.08 Å². The molecule has 0 aromatic carbocycles. The number of hydrogen-bond acceptors (Lipinski definition) is 4. The Morgan fingerprint density at radius 1 is 1.67 bits per heavy atom. The third-order valence-electron chi connectivity index (χ3n) is 2.28. The van der Waals surface area contributed by atoms with E-state index in [0.29, 0.717) is 5.57 Å². The smallest absolute Gasteiger partial charge is 0.153 e. The fourth-order valence-electron chi connectivity index (χ4n) is 1.42. The Kier molecular flexibility index (Phi) is 3.97. The summed E-state index contributed by atoms with van der Waals surface area (Å²) in [5.74, 6) is -1.25. The number of hydrogen-bond donors (Lipinski definition) is 3. The molecule has 1 rings (SSSR count). The SMILES string of the molecule is N#CC1CC=C(C(N)CC(O)O)C=C1F. The fraction of sp³-hybridized carbons (Fsp3) is 0.500. The number of nitriles is 1. The molecule has 15 heavy (non-hydrogen) atoms. The van der Waals surface area contributed by atoms with Gasteiger partial charge < -0.3 is 15.9 Å². The van der Waals surface area contributed by atoms with Crippen LogP contribution in [0.25, 0.3) is 0 Å². The van der Waals surface area contributed by atoms with Gasteiger partial charge in [0, 0.05) is 12.5 Å². The predicted octanol–water partition coefficient (Wildman–Crippen LogP) is 0.338. The van der Waals surface area contributed by atoms with Gasteiger partial charge >= 0.3 is 0 Å². The quantitative estimate of drug-likeness (QED) is 0.588. The van der Waals surface area contributed by atoms with Gasteiger partial charge in [0.15, 0.2) is 6.29 Å². The first-order valence-corrected chi connectivity index (χ1v) is 4.63. The highest BCUT2D eigenvalue weighted by molar-refractivity contribution is 5.33. The molecule has 5 heteroatoms. The Morgan fingerprint density at radius 3 is 2.80 bits per heavy atom. The molecule has 0 amide bonds. The van der Waals surface area contributed by atoms with Gasteiger partial charge in [-0.1, -0.05) is 6.08 Å². The van der Waals surface area contributed by atoms with Crippen molar-refractivity contribution in [1.82, 2.24) is 0 Å². The summed E-state index contributed by atoms with van der Waals surface area (Å²) in [4.78, 5) is 0. The predicted molar refractivity (Wildman–Crippen MR) is 51.8 cm³/mol. The van der Waals surface area contributed by atoms with Crippen molar-refractivity contribution in [2.45, 2.75) is 25.2 Å². The van der Waals surface area contributed by atoms with Gasteiger partial charge in [-0.3, -0.25) is 0 Å². The van der Waals surface area contributed by atoms with E-state index >= 15 is 0 Å². The van der Waals surface area contributed by atoms with Crippen molar-refractivity contribution in [2.75, 3.05) is 0 Å². The molecule has 0 saturated carbocycles. The van der Waals surface area contributed by atoms with E-state index in [-0.39, 0.29) is 12.8 Å². The lowest BCUT2D eigenvalue weighted by molar-refractivity contribution is -0.0471. The van der Waals surface area contributed by atoms with Crippen LogP contribution in [0.2, 0.25) is 0 Å². The zero-order valence-corrected chi connectivity index (χ0v) is 8.10. The van der Waals surface area contributed by atoms with E-state index in [0.717, 1.165) is 0 Å². The molecule has 0 fully saturated rings. The first-order chi connectivity index (χ1) is 7.04. The summed E-state index contributed by atoms with van der Waals surface area (Å²) in [7, 11) is 0. The number of rotatable bonds is 3. The zero-order chi connectivity index (χ0) is 11.4. The van der Waals surface area contributed by atoms with Crippen LogP contribution < -0.4 is 5.73 Å². The van der Waals surface area contributed by atoms with Crippen LogP contribution in [0.4, 0.5) is 4.39 Å². The topological polar surface area (TPSA) is 90.3 Å². The standard InChI is InChI=1S/C10H13FN2O2/c11-8-3-6(1-2-7(8)5-12)9(13)4-10(14)15/h1,3,7,9-10,14-15H,2,4,13H2. The number of nitrogens with zero attached hydrogens (tertiary/aromatic N) is 1. The molecule has 0 radical (unpaired) electrons. The molecule has 1 aliphatic carbocycles. The summed E-state index contributed by atoms with van der Waals surface area (Å²) in [5, 5.41) is 26.0. The van der Waals surface area contributed by atoms with Crippen molar-refractivity contribution in [3.8, 4) is 6.07 Å². The molecular formula is C10H13FN2O2. The highest BCUT2D eigenvalue weighted by Crippen LogP contribution is 2.26. The monoisotopic (exact) mass is 212 g/mol. The highest BCUT2D eigenvalue weighted by atomic mass is 19.1. The van der Waals surface area contributed by atoms with E-state index in [2.05, 4.69) is 0 Å². The van der Waals surface area contributed by atoms with Crippen molar-refractivity contribution in [2.24, 2.45) is 11.7 Å². The van der Waals surface area contributed by atoms with E-state index < -0.39 is 24.1 Å². The lowest BCUT2D eigenvalue weighted by atomic mass is 9.92. The molecule has 2 unspecified atom stereocenters. The molecule has 82 valence electrons. The Bertz CT molecular complexity index is 331. The number of aliphatic hydroxyl groups excluding tert-OH is 1. The Balaban J connectivity index is 2.68. The van der Waals surface area contributed by atoms with Crippen molar-refractivity contribution < 1.29 is 14.6 Å². The van der Waals surface area contributed by atoms with Crippen LogP contribution >= 0.6 is 0 Å². The van der Waals surface area contributed by atoms with Gasteiger partial charge in [0.25, 0.3) is 0 Å². The lowest BCUT2D eigenvalue weighted by Crippen LogP contribution is -2.28. The number of halogens is 1. The van der Waals surface area contributed by atoms with Crippen LogP contribution in [0.5, 0.6) is 0 Å². The fourth-order valence-corrected chi connectivity index (χ4v) is 1.42.